The van der Waals surface area contributed by atoms with E-state index < -0.39 is 14.7 Å². The van der Waals surface area contributed by atoms with Gasteiger partial charge in [0.1, 0.15) is 23.9 Å². The van der Waals surface area contributed by atoms with Crippen molar-refractivity contribution in [1.82, 2.24) is 9.55 Å². The van der Waals surface area contributed by atoms with Crippen molar-refractivity contribution in [3.63, 3.8) is 0 Å². The third-order valence-electron chi connectivity index (χ3n) is 7.87. The van der Waals surface area contributed by atoms with Crippen LogP contribution in [0.5, 0.6) is 11.5 Å². The molecule has 0 unspecified atom stereocenters. The fraction of sp³-hybridized carbons (Fsp3) is 0.258. The largest absolute Gasteiger partial charge is 0.519 e. The predicted octanol–water partition coefficient (Wildman–Crippen LogP) is 6.27. The molecule has 4 aromatic rings. The number of non-ortho nitro benzene ring substituents is 1. The molecule has 0 bridgehead atoms. The fourth-order valence-electron chi connectivity index (χ4n) is 5.61. The molecule has 0 fully saturated rings. The second-order valence-electron chi connectivity index (χ2n) is 10.3. The smallest absolute Gasteiger partial charge is 0.489 e. The van der Waals surface area contributed by atoms with Gasteiger partial charge in [-0.05, 0) is 89.9 Å². The molecule has 12 heteroatoms. The predicted molar refractivity (Wildman–Crippen MR) is 165 cm³/mol. The molecule has 0 aliphatic carbocycles. The summed E-state index contributed by atoms with van der Waals surface area (Å²) in [6.45, 7) is 6.29. The van der Waals surface area contributed by atoms with Crippen molar-refractivity contribution in [1.29, 1.82) is 0 Å². The zero-order chi connectivity index (χ0) is 30.6. The first kappa shape index (κ1) is 28.8. The van der Waals surface area contributed by atoms with E-state index in [0.29, 0.717) is 53.2 Å². The van der Waals surface area contributed by atoms with Gasteiger partial charge in [0.25, 0.3) is 11.2 Å². The van der Waals surface area contributed by atoms with E-state index in [1.807, 2.05) is 49.4 Å². The van der Waals surface area contributed by atoms with Crippen LogP contribution in [0.15, 0.2) is 64.7 Å². The maximum atomic E-state index is 13.7. The lowest BCUT2D eigenvalue weighted by Crippen LogP contribution is -2.36. The van der Waals surface area contributed by atoms with Gasteiger partial charge in [0, 0.05) is 28.6 Å². The Hall–Kier alpha value is -4.30. The van der Waals surface area contributed by atoms with Gasteiger partial charge in [0.05, 0.1) is 33.9 Å². The number of aromatic nitrogens is 2. The van der Waals surface area contributed by atoms with Gasteiger partial charge in [0.2, 0.25) is 0 Å². The molecule has 0 amide bonds. The summed E-state index contributed by atoms with van der Waals surface area (Å²) < 4.78 is 16.7. The number of aliphatic hydroxyl groups is 1. The average Bonchev–Trinajstić information content (AvgIpc) is 3.34. The number of hydrogen-bond acceptors (Lipinski definition) is 9. The first-order valence-electron chi connectivity index (χ1n) is 13.6. The van der Waals surface area contributed by atoms with Crippen LogP contribution in [0.3, 0.4) is 0 Å². The lowest BCUT2D eigenvalue weighted by molar-refractivity contribution is -0.384. The SMILES string of the molecule is CC/C(C)=C1\OCc2c(cc3n(c2=O)Cc2c-3nc3ccc(OC(=O)Oc4ccc([N+](=O)[O-])cc4)cc3c2CC)[C@@]1(O)I. The van der Waals surface area contributed by atoms with E-state index in [1.165, 1.54) is 24.3 Å². The summed E-state index contributed by atoms with van der Waals surface area (Å²) in [5, 5.41) is 23.2. The van der Waals surface area contributed by atoms with Crippen molar-refractivity contribution < 1.29 is 29.0 Å². The molecule has 1 N–H and O–H groups in total. The Kier molecular flexibility index (Phi) is 7.21. The number of carbonyl (C=O) groups is 1. The van der Waals surface area contributed by atoms with Crippen LogP contribution in [0, 0.1) is 10.1 Å². The van der Waals surface area contributed by atoms with Crippen LogP contribution in [-0.4, -0.2) is 25.7 Å². The van der Waals surface area contributed by atoms with Crippen LogP contribution < -0.4 is 15.0 Å². The number of fused-ring (bicyclic) bond motifs is 5. The second-order valence-corrected chi connectivity index (χ2v) is 11.9. The summed E-state index contributed by atoms with van der Waals surface area (Å²) in [5.74, 6) is 0.801. The molecule has 0 spiro atoms. The number of allylic oxidation sites excluding steroid dienone is 1. The molecule has 11 nitrogen and oxygen atoms in total. The Morgan fingerprint density at radius 2 is 1.84 bits per heavy atom. The number of aryl methyl sites for hydroxylation is 1. The molecule has 1 atom stereocenters. The van der Waals surface area contributed by atoms with E-state index in [4.69, 9.17) is 19.2 Å². The third kappa shape index (κ3) is 4.83. The number of alkyl halides is 1. The van der Waals surface area contributed by atoms with Crippen LogP contribution >= 0.6 is 22.6 Å². The van der Waals surface area contributed by atoms with Crippen molar-refractivity contribution in [2.24, 2.45) is 0 Å². The Morgan fingerprint density at radius 1 is 1.14 bits per heavy atom. The van der Waals surface area contributed by atoms with Crippen LogP contribution in [0.25, 0.3) is 22.3 Å². The van der Waals surface area contributed by atoms with Crippen molar-refractivity contribution in [3.05, 3.63) is 103 Å². The highest BCUT2D eigenvalue weighted by Gasteiger charge is 2.42. The lowest BCUT2D eigenvalue weighted by Gasteiger charge is -2.33. The van der Waals surface area contributed by atoms with E-state index in [1.54, 1.807) is 22.8 Å². The van der Waals surface area contributed by atoms with Gasteiger partial charge >= 0.3 is 6.16 Å². The maximum absolute atomic E-state index is 13.7. The maximum Gasteiger partial charge on any atom is 0.519 e. The molecule has 43 heavy (non-hydrogen) atoms. The number of carbonyl (C=O) groups excluding carboxylic acids is 1. The van der Waals surface area contributed by atoms with E-state index in [2.05, 4.69) is 0 Å². The normalized spacial score (nSPS) is 17.9. The van der Waals surface area contributed by atoms with Gasteiger partial charge in [0.15, 0.2) is 3.61 Å². The minimum atomic E-state index is -1.48. The number of benzene rings is 2. The first-order valence-corrected chi connectivity index (χ1v) is 14.7. The molecule has 4 heterocycles. The molecular formula is C31H26IN3O8. The van der Waals surface area contributed by atoms with Crippen LogP contribution in [0.4, 0.5) is 10.5 Å². The highest BCUT2D eigenvalue weighted by Crippen LogP contribution is 2.46. The summed E-state index contributed by atoms with van der Waals surface area (Å²) in [4.78, 5) is 41.4. The fourth-order valence-corrected chi connectivity index (χ4v) is 6.71. The molecule has 2 aromatic heterocycles. The summed E-state index contributed by atoms with van der Waals surface area (Å²) in [6.07, 6.45) is 0.337. The van der Waals surface area contributed by atoms with E-state index in [-0.39, 0.29) is 29.4 Å². The molecule has 0 saturated heterocycles. The van der Waals surface area contributed by atoms with Gasteiger partial charge < -0.3 is 23.9 Å². The van der Waals surface area contributed by atoms with E-state index >= 15 is 0 Å². The Morgan fingerprint density at radius 3 is 2.51 bits per heavy atom. The zero-order valence-corrected chi connectivity index (χ0v) is 25.6. The first-order chi connectivity index (χ1) is 20.5. The molecule has 2 aliphatic heterocycles. The Balaban J connectivity index is 1.36. The Bertz CT molecular complexity index is 1930. The van der Waals surface area contributed by atoms with E-state index in [9.17, 15) is 24.8 Å². The minimum Gasteiger partial charge on any atom is -0.489 e. The topological polar surface area (TPSA) is 143 Å². The van der Waals surface area contributed by atoms with Crippen molar-refractivity contribution in [2.45, 2.75) is 50.4 Å². The van der Waals surface area contributed by atoms with Crippen molar-refractivity contribution in [3.8, 4) is 22.9 Å². The average molecular weight is 695 g/mol. The third-order valence-corrected chi connectivity index (χ3v) is 8.95. The van der Waals surface area contributed by atoms with Crippen molar-refractivity contribution >= 4 is 45.3 Å². The van der Waals surface area contributed by atoms with Crippen LogP contribution in [0.2, 0.25) is 0 Å². The van der Waals surface area contributed by atoms with Crippen molar-refractivity contribution in [2.75, 3.05) is 0 Å². The number of nitro benzene ring substituents is 1. The standard InChI is InChI=1S/C31H26IN3O8/c1-4-16(3)28-31(32,38)24-13-26-27-22(14-34(26)29(36)23(24)15-41-28)20(5-2)21-12-19(10-11-25(21)33-27)43-30(37)42-18-8-6-17(7-9-18)35(39)40/h6-13,38H,4-5,14-15H2,1-3H3/b28-16-/t31-/m0/s1. The summed E-state index contributed by atoms with van der Waals surface area (Å²) in [5.41, 5.74) is 5.30. The molecule has 2 aromatic carbocycles. The number of rotatable bonds is 5. The summed E-state index contributed by atoms with van der Waals surface area (Å²) in [7, 11) is 0. The quantitative estimate of drug-likeness (QED) is 0.0562. The van der Waals surface area contributed by atoms with Gasteiger partial charge in [-0.3, -0.25) is 14.9 Å². The molecule has 6 rings (SSSR count). The van der Waals surface area contributed by atoms with Gasteiger partial charge in [-0.25, -0.2) is 9.78 Å². The van der Waals surface area contributed by atoms with Crippen LogP contribution in [-0.2, 0) is 27.9 Å². The highest BCUT2D eigenvalue weighted by molar-refractivity contribution is 14.1. The highest BCUT2D eigenvalue weighted by atomic mass is 127. The number of nitrogens with zero attached hydrogens (tertiary/aromatic N) is 3. The van der Waals surface area contributed by atoms with Gasteiger partial charge in [-0.1, -0.05) is 13.8 Å². The number of pyridine rings is 2. The number of hydrogen-bond donors (Lipinski definition) is 1. The Labute approximate surface area is 259 Å². The van der Waals surface area contributed by atoms with Gasteiger partial charge in [-0.15, -0.1) is 0 Å². The lowest BCUT2D eigenvalue weighted by atomic mass is 9.95. The molecule has 0 saturated carbocycles. The van der Waals surface area contributed by atoms with Gasteiger partial charge in [-0.2, -0.15) is 0 Å². The molecule has 220 valence electrons. The number of halogens is 1. The second kappa shape index (κ2) is 10.8. The molecule has 2 aliphatic rings. The summed E-state index contributed by atoms with van der Waals surface area (Å²) >= 11 is 1.94. The monoisotopic (exact) mass is 695 g/mol. The summed E-state index contributed by atoms with van der Waals surface area (Å²) in [6, 6.07) is 12.0. The zero-order valence-electron chi connectivity index (χ0n) is 23.5. The molecule has 0 radical (unpaired) electrons. The minimum absolute atomic E-state index is 0.0789. The number of nitro groups is 1. The van der Waals surface area contributed by atoms with Crippen LogP contribution in [0.1, 0.15) is 49.4 Å². The van der Waals surface area contributed by atoms with E-state index in [0.717, 1.165) is 22.1 Å². The molecular weight excluding hydrogens is 669 g/mol. The number of ether oxygens (including phenoxy) is 3.